The van der Waals surface area contributed by atoms with Gasteiger partial charge in [-0.15, -0.1) is 0 Å². The van der Waals surface area contributed by atoms with Crippen LogP contribution in [0.4, 0.5) is 5.69 Å². The van der Waals surface area contributed by atoms with Crippen LogP contribution in [0.5, 0.6) is 0 Å². The summed E-state index contributed by atoms with van der Waals surface area (Å²) in [5, 5.41) is 26.5. The predicted molar refractivity (Wildman–Crippen MR) is 120 cm³/mol. The first kappa shape index (κ1) is 23.3. The van der Waals surface area contributed by atoms with Crippen LogP contribution >= 0.6 is 11.6 Å². The van der Waals surface area contributed by atoms with Gasteiger partial charge in [0, 0.05) is 17.2 Å². The molecule has 0 bridgehead atoms. The first-order valence-corrected chi connectivity index (χ1v) is 10.4. The molecule has 1 aliphatic heterocycles. The monoisotopic (exact) mass is 451 g/mol. The summed E-state index contributed by atoms with van der Waals surface area (Å²) in [6.07, 6.45) is 1.15. The zero-order valence-corrected chi connectivity index (χ0v) is 18.2. The van der Waals surface area contributed by atoms with Crippen molar-refractivity contribution < 1.29 is 19.4 Å². The minimum atomic E-state index is -1.94. The highest BCUT2D eigenvalue weighted by Gasteiger charge is 2.43. The third kappa shape index (κ3) is 5.27. The molecule has 1 amide bonds. The highest BCUT2D eigenvalue weighted by Crippen LogP contribution is 2.28. The van der Waals surface area contributed by atoms with Gasteiger partial charge in [0.05, 0.1) is 23.3 Å². The Bertz CT molecular complexity index is 1110. The summed E-state index contributed by atoms with van der Waals surface area (Å²) < 4.78 is 4.68. The molecule has 1 aliphatic rings. The number of benzene rings is 2. The second-order valence-corrected chi connectivity index (χ2v) is 7.78. The number of methoxy groups -OCH3 is 1. The largest absolute Gasteiger partial charge is 0.465 e. The van der Waals surface area contributed by atoms with Gasteiger partial charge < -0.3 is 20.5 Å². The molecule has 0 radical (unpaired) electrons. The van der Waals surface area contributed by atoms with Gasteiger partial charge in [-0.2, -0.15) is 5.26 Å². The van der Waals surface area contributed by atoms with Crippen LogP contribution in [0, 0.1) is 29.1 Å². The van der Waals surface area contributed by atoms with Crippen LogP contribution < -0.4 is 10.6 Å². The third-order valence-corrected chi connectivity index (χ3v) is 5.64. The van der Waals surface area contributed by atoms with Gasteiger partial charge in [-0.1, -0.05) is 23.4 Å². The van der Waals surface area contributed by atoms with Crippen molar-refractivity contribution in [3.05, 3.63) is 64.2 Å². The molecular weight excluding hydrogens is 430 g/mol. The zero-order valence-electron chi connectivity index (χ0n) is 17.4. The Balaban J connectivity index is 1.89. The van der Waals surface area contributed by atoms with E-state index in [1.165, 1.54) is 19.2 Å². The van der Waals surface area contributed by atoms with Crippen LogP contribution in [-0.4, -0.2) is 42.8 Å². The Morgan fingerprint density at radius 2 is 1.91 bits per heavy atom. The lowest BCUT2D eigenvalue weighted by molar-refractivity contribution is -0.133. The Morgan fingerprint density at radius 1 is 1.22 bits per heavy atom. The molecule has 3 rings (SSSR count). The van der Waals surface area contributed by atoms with E-state index in [4.69, 9.17) is 16.9 Å². The fourth-order valence-corrected chi connectivity index (χ4v) is 3.69. The Hall–Kier alpha value is -3.36. The van der Waals surface area contributed by atoms with E-state index in [-0.39, 0.29) is 16.5 Å². The fraction of sp³-hybridized carbons (Fsp3) is 0.292. The number of anilines is 1. The molecule has 1 fully saturated rings. The molecule has 0 spiro atoms. The van der Waals surface area contributed by atoms with Crippen LogP contribution in [0.15, 0.2) is 42.5 Å². The van der Waals surface area contributed by atoms with Gasteiger partial charge in [0.1, 0.15) is 6.07 Å². The summed E-state index contributed by atoms with van der Waals surface area (Å²) in [7, 11) is 1.30. The Kier molecular flexibility index (Phi) is 7.50. The minimum absolute atomic E-state index is 0.201. The van der Waals surface area contributed by atoms with E-state index in [0.717, 1.165) is 0 Å². The molecule has 2 aromatic rings. The number of halogens is 1. The number of nitrogens with zero attached hydrogens (tertiary/aromatic N) is 1. The van der Waals surface area contributed by atoms with Crippen molar-refractivity contribution in [1.82, 2.24) is 5.32 Å². The third-order valence-electron chi connectivity index (χ3n) is 5.33. The number of carbonyl (C=O) groups is 2. The van der Waals surface area contributed by atoms with Gasteiger partial charge in [0.25, 0.3) is 5.91 Å². The number of nitrogens with one attached hydrogen (secondary N) is 2. The predicted octanol–water partition coefficient (Wildman–Crippen LogP) is 2.72. The second-order valence-electron chi connectivity index (χ2n) is 7.37. The Labute approximate surface area is 191 Å². The van der Waals surface area contributed by atoms with E-state index in [1.54, 1.807) is 30.3 Å². The van der Waals surface area contributed by atoms with E-state index < -0.39 is 17.5 Å². The topological polar surface area (TPSA) is 111 Å². The highest BCUT2D eigenvalue weighted by molar-refractivity contribution is 6.32. The van der Waals surface area contributed by atoms with E-state index in [2.05, 4.69) is 27.2 Å². The summed E-state index contributed by atoms with van der Waals surface area (Å²) in [5.74, 6) is 4.13. The molecule has 1 atom stereocenters. The number of hydrogen-bond acceptors (Lipinski definition) is 6. The summed E-state index contributed by atoms with van der Waals surface area (Å²) in [4.78, 5) is 24.7. The normalized spacial score (nSPS) is 15.4. The average molecular weight is 452 g/mol. The molecule has 0 saturated carbocycles. The molecule has 1 saturated heterocycles. The molecule has 1 unspecified atom stereocenters. The van der Waals surface area contributed by atoms with Gasteiger partial charge >= 0.3 is 5.97 Å². The quantitative estimate of drug-likeness (QED) is 0.487. The summed E-state index contributed by atoms with van der Waals surface area (Å²) >= 11 is 6.06. The number of aliphatic hydroxyl groups is 1. The second kappa shape index (κ2) is 10.3. The van der Waals surface area contributed by atoms with Crippen LogP contribution in [0.25, 0.3) is 0 Å². The minimum Gasteiger partial charge on any atom is -0.465 e. The number of nitriles is 1. The summed E-state index contributed by atoms with van der Waals surface area (Å²) in [6.45, 7) is 1.33. The lowest BCUT2D eigenvalue weighted by atomic mass is 9.80. The molecule has 7 nitrogen and oxygen atoms in total. The van der Waals surface area contributed by atoms with Crippen LogP contribution in [-0.2, 0) is 9.53 Å². The number of carbonyl (C=O) groups excluding carboxylic acids is 2. The van der Waals surface area contributed by atoms with Crippen molar-refractivity contribution in [2.24, 2.45) is 5.92 Å². The van der Waals surface area contributed by atoms with Crippen LogP contribution in [0.1, 0.15) is 34.3 Å². The summed E-state index contributed by atoms with van der Waals surface area (Å²) in [6, 6.07) is 12.8. The van der Waals surface area contributed by atoms with E-state index in [9.17, 15) is 14.7 Å². The maximum absolute atomic E-state index is 13.1. The Morgan fingerprint density at radius 3 is 2.50 bits per heavy atom. The van der Waals surface area contributed by atoms with Crippen molar-refractivity contribution in [3.8, 4) is 17.9 Å². The first-order chi connectivity index (χ1) is 15.4. The molecule has 3 N–H and O–H groups in total. The zero-order chi connectivity index (χ0) is 23.1. The number of ether oxygens (including phenoxy) is 1. The molecule has 0 aromatic heterocycles. The molecule has 2 aromatic carbocycles. The maximum atomic E-state index is 13.1. The van der Waals surface area contributed by atoms with Gasteiger partial charge in [0.15, 0.2) is 0 Å². The molecule has 0 aliphatic carbocycles. The van der Waals surface area contributed by atoms with E-state index >= 15 is 0 Å². The maximum Gasteiger partial charge on any atom is 0.337 e. The van der Waals surface area contributed by atoms with Crippen molar-refractivity contribution >= 4 is 29.2 Å². The number of piperidine rings is 1. The van der Waals surface area contributed by atoms with Gasteiger partial charge in [-0.25, -0.2) is 4.79 Å². The van der Waals surface area contributed by atoms with Crippen LogP contribution in [0.2, 0.25) is 5.02 Å². The number of hydrogen-bond donors (Lipinski definition) is 3. The van der Waals surface area contributed by atoms with Crippen LogP contribution in [0.3, 0.4) is 0 Å². The highest BCUT2D eigenvalue weighted by atomic mass is 35.5. The molecule has 164 valence electrons. The van der Waals surface area contributed by atoms with E-state index in [0.29, 0.717) is 42.7 Å². The lowest BCUT2D eigenvalue weighted by Gasteiger charge is -2.33. The molecule has 1 heterocycles. The van der Waals surface area contributed by atoms with Gasteiger partial charge in [0.2, 0.25) is 5.60 Å². The number of esters is 1. The summed E-state index contributed by atoms with van der Waals surface area (Å²) in [5.41, 5.74) is -0.380. The fourth-order valence-electron chi connectivity index (χ4n) is 3.47. The van der Waals surface area contributed by atoms with Crippen molar-refractivity contribution in [3.63, 3.8) is 0 Å². The van der Waals surface area contributed by atoms with E-state index in [1.807, 2.05) is 6.07 Å². The van der Waals surface area contributed by atoms with Crippen molar-refractivity contribution in [2.75, 3.05) is 25.5 Å². The standard InChI is InChI=1S/C24H22ClN3O4/c1-32-22(29)17-4-2-16(3-5-17)8-11-24(31,19-9-12-27-13-10-19)23(30)28-20-7-6-18(15-26)21(25)14-20/h2-7,14,19,27,31H,9-10,12-13H2,1H3,(H,28,30). The molecule has 32 heavy (non-hydrogen) atoms. The smallest absolute Gasteiger partial charge is 0.337 e. The number of rotatable bonds is 4. The average Bonchev–Trinajstić information content (AvgIpc) is 2.83. The SMILES string of the molecule is COC(=O)c1ccc(C#CC(O)(C(=O)Nc2ccc(C#N)c(Cl)c2)C2CCNCC2)cc1. The lowest BCUT2D eigenvalue weighted by Crippen LogP contribution is -2.51. The molecular formula is C24H22ClN3O4. The molecule has 8 heteroatoms. The van der Waals surface area contributed by atoms with Gasteiger partial charge in [-0.05, 0) is 68.4 Å². The number of amides is 1. The van der Waals surface area contributed by atoms with Crippen molar-refractivity contribution in [1.29, 1.82) is 5.26 Å². The first-order valence-electron chi connectivity index (χ1n) is 10.0. The van der Waals surface area contributed by atoms with Crippen molar-refractivity contribution in [2.45, 2.75) is 18.4 Å². The van der Waals surface area contributed by atoms with Gasteiger partial charge in [-0.3, -0.25) is 4.79 Å².